The van der Waals surface area contributed by atoms with Crippen molar-refractivity contribution in [3.63, 3.8) is 0 Å². The fourth-order valence-corrected chi connectivity index (χ4v) is 4.29. The lowest BCUT2D eigenvalue weighted by Crippen LogP contribution is -2.02. The maximum atomic E-state index is 11.2. The Balaban J connectivity index is 1.93. The highest BCUT2D eigenvalue weighted by atomic mass is 35.5. The van der Waals surface area contributed by atoms with Gasteiger partial charge in [0.05, 0.1) is 10.6 Å². The summed E-state index contributed by atoms with van der Waals surface area (Å²) in [5, 5.41) is 12.4. The Hall–Kier alpha value is -2.24. The molecule has 0 spiro atoms. The van der Waals surface area contributed by atoms with E-state index in [2.05, 4.69) is 9.36 Å². The van der Waals surface area contributed by atoms with E-state index in [0.717, 1.165) is 16.0 Å². The van der Waals surface area contributed by atoms with Gasteiger partial charge in [-0.1, -0.05) is 59.6 Å². The highest BCUT2D eigenvalue weighted by Gasteiger charge is 2.25. The maximum Gasteiger partial charge on any atom is 0.109 e. The first-order valence-corrected chi connectivity index (χ1v) is 9.76. The van der Waals surface area contributed by atoms with Crippen LogP contribution < -0.4 is 0 Å². The van der Waals surface area contributed by atoms with E-state index >= 15 is 0 Å². The molecule has 4 aromatic rings. The quantitative estimate of drug-likeness (QED) is 0.430. The van der Waals surface area contributed by atoms with E-state index in [9.17, 15) is 5.11 Å². The zero-order valence-electron chi connectivity index (χ0n) is 14.0. The summed E-state index contributed by atoms with van der Waals surface area (Å²) in [4.78, 5) is 4.96. The van der Waals surface area contributed by atoms with E-state index in [0.29, 0.717) is 26.9 Å². The molecule has 2 aromatic heterocycles. The first-order valence-electron chi connectivity index (χ1n) is 8.23. The summed E-state index contributed by atoms with van der Waals surface area (Å²) in [5.74, 6) is 0. The molecule has 1 atom stereocenters. The highest BCUT2D eigenvalue weighted by molar-refractivity contribution is 7.10. The van der Waals surface area contributed by atoms with Crippen LogP contribution in [0, 0.1) is 0 Å². The van der Waals surface area contributed by atoms with Gasteiger partial charge in [-0.25, -0.2) is 0 Å². The first-order chi connectivity index (χ1) is 13.1. The van der Waals surface area contributed by atoms with Crippen LogP contribution in [0.4, 0.5) is 0 Å². The third-order valence-corrected chi connectivity index (χ3v) is 5.72. The molecule has 0 saturated carbocycles. The van der Waals surface area contributed by atoms with Gasteiger partial charge < -0.3 is 5.11 Å². The number of halogens is 2. The van der Waals surface area contributed by atoms with Gasteiger partial charge in [-0.15, -0.1) is 0 Å². The standard InChI is InChI=1S/C21H14Cl2N2OS/c22-15-9-7-13(8-10-15)19-18(20(26)14-4-3-11-24-12-14)21(27-25-19)16-5-1-2-6-17(16)23/h1-12,20,26H. The van der Waals surface area contributed by atoms with E-state index in [1.165, 1.54) is 11.5 Å². The summed E-state index contributed by atoms with van der Waals surface area (Å²) >= 11 is 13.8. The minimum Gasteiger partial charge on any atom is -0.383 e. The number of hydrogen-bond donors (Lipinski definition) is 1. The Kier molecular flexibility index (Phi) is 5.23. The molecule has 3 nitrogen and oxygen atoms in total. The van der Waals surface area contributed by atoms with Crippen molar-refractivity contribution in [2.24, 2.45) is 0 Å². The van der Waals surface area contributed by atoms with Crippen molar-refractivity contribution in [3.8, 4) is 21.7 Å². The fourth-order valence-electron chi connectivity index (χ4n) is 2.91. The molecule has 2 aromatic carbocycles. The van der Waals surface area contributed by atoms with Crippen molar-refractivity contribution in [2.45, 2.75) is 6.10 Å². The second-order valence-corrected chi connectivity index (χ2v) is 7.57. The van der Waals surface area contributed by atoms with Crippen LogP contribution in [-0.4, -0.2) is 14.5 Å². The monoisotopic (exact) mass is 412 g/mol. The molecule has 1 unspecified atom stereocenters. The molecule has 0 fully saturated rings. The van der Waals surface area contributed by atoms with Crippen LogP contribution in [0.25, 0.3) is 21.7 Å². The number of hydrogen-bond acceptors (Lipinski definition) is 4. The van der Waals surface area contributed by atoms with Crippen molar-refractivity contribution in [1.82, 2.24) is 9.36 Å². The van der Waals surface area contributed by atoms with Gasteiger partial charge in [0.15, 0.2) is 0 Å². The van der Waals surface area contributed by atoms with Gasteiger partial charge in [-0.3, -0.25) is 4.98 Å². The predicted molar refractivity (Wildman–Crippen MR) is 111 cm³/mol. The topological polar surface area (TPSA) is 46.0 Å². The molecule has 2 heterocycles. The molecule has 0 amide bonds. The minimum atomic E-state index is -0.880. The predicted octanol–water partition coefficient (Wildman–Crippen LogP) is 6.26. The Morgan fingerprint density at radius 3 is 2.41 bits per heavy atom. The number of aliphatic hydroxyl groups excluding tert-OH is 1. The number of aromatic nitrogens is 2. The lowest BCUT2D eigenvalue weighted by atomic mass is 9.95. The number of nitrogens with zero attached hydrogens (tertiary/aromatic N) is 2. The largest absolute Gasteiger partial charge is 0.383 e. The summed E-state index contributed by atoms with van der Waals surface area (Å²) in [7, 11) is 0. The van der Waals surface area contributed by atoms with Crippen molar-refractivity contribution < 1.29 is 5.11 Å². The molecule has 0 aliphatic carbocycles. The van der Waals surface area contributed by atoms with Crippen LogP contribution in [0.2, 0.25) is 10.0 Å². The second kappa shape index (κ2) is 7.79. The molecule has 0 aliphatic heterocycles. The number of benzene rings is 2. The molecule has 0 bridgehead atoms. The maximum absolute atomic E-state index is 11.2. The molecular formula is C21H14Cl2N2OS. The summed E-state index contributed by atoms with van der Waals surface area (Å²) in [6.07, 6.45) is 2.45. The SMILES string of the molecule is OC(c1cccnc1)c1c(-c2ccc(Cl)cc2)nsc1-c1ccccc1Cl. The lowest BCUT2D eigenvalue weighted by molar-refractivity contribution is 0.221. The van der Waals surface area contributed by atoms with E-state index in [1.807, 2.05) is 54.6 Å². The van der Waals surface area contributed by atoms with Crippen LogP contribution >= 0.6 is 34.7 Å². The zero-order valence-corrected chi connectivity index (χ0v) is 16.3. The van der Waals surface area contributed by atoms with Gasteiger partial charge in [0.25, 0.3) is 0 Å². The third kappa shape index (κ3) is 3.62. The van der Waals surface area contributed by atoms with Gasteiger partial charge in [-0.05, 0) is 35.8 Å². The highest BCUT2D eigenvalue weighted by Crippen LogP contribution is 2.43. The molecule has 134 valence electrons. The van der Waals surface area contributed by atoms with Crippen LogP contribution in [0.3, 0.4) is 0 Å². The summed E-state index contributed by atoms with van der Waals surface area (Å²) in [5.41, 5.74) is 3.84. The Morgan fingerprint density at radius 2 is 1.70 bits per heavy atom. The van der Waals surface area contributed by atoms with E-state index in [4.69, 9.17) is 23.2 Å². The van der Waals surface area contributed by atoms with Crippen LogP contribution in [0.1, 0.15) is 17.2 Å². The minimum absolute atomic E-state index is 0.614. The first kappa shape index (κ1) is 18.1. The summed E-state index contributed by atoms with van der Waals surface area (Å²) < 4.78 is 4.64. The Morgan fingerprint density at radius 1 is 0.926 bits per heavy atom. The molecule has 1 N–H and O–H groups in total. The van der Waals surface area contributed by atoms with Gasteiger partial charge in [0, 0.05) is 44.7 Å². The third-order valence-electron chi connectivity index (χ3n) is 4.24. The van der Waals surface area contributed by atoms with Gasteiger partial charge in [0.1, 0.15) is 6.10 Å². The van der Waals surface area contributed by atoms with E-state index in [1.54, 1.807) is 18.5 Å². The molecule has 27 heavy (non-hydrogen) atoms. The van der Waals surface area contributed by atoms with Crippen LogP contribution in [0.15, 0.2) is 73.1 Å². The van der Waals surface area contributed by atoms with Gasteiger partial charge in [-0.2, -0.15) is 4.37 Å². The lowest BCUT2D eigenvalue weighted by Gasteiger charge is -2.14. The van der Waals surface area contributed by atoms with E-state index in [-0.39, 0.29) is 0 Å². The van der Waals surface area contributed by atoms with Crippen LogP contribution in [0.5, 0.6) is 0 Å². The molecular weight excluding hydrogens is 399 g/mol. The second-order valence-electron chi connectivity index (χ2n) is 5.95. The molecule has 0 saturated heterocycles. The Labute approximate surface area is 171 Å². The van der Waals surface area contributed by atoms with Crippen molar-refractivity contribution >= 4 is 34.7 Å². The van der Waals surface area contributed by atoms with Crippen molar-refractivity contribution in [2.75, 3.05) is 0 Å². The zero-order chi connectivity index (χ0) is 18.8. The fraction of sp³-hybridized carbons (Fsp3) is 0.0476. The van der Waals surface area contributed by atoms with Gasteiger partial charge in [0.2, 0.25) is 0 Å². The molecule has 0 aliphatic rings. The van der Waals surface area contributed by atoms with Crippen LogP contribution in [-0.2, 0) is 0 Å². The molecule has 4 rings (SSSR count). The normalized spacial score (nSPS) is 12.1. The number of aliphatic hydroxyl groups is 1. The molecule has 0 radical (unpaired) electrons. The average Bonchev–Trinajstić information content (AvgIpc) is 3.14. The summed E-state index contributed by atoms with van der Waals surface area (Å²) in [6.45, 7) is 0. The average molecular weight is 413 g/mol. The molecule has 6 heteroatoms. The summed E-state index contributed by atoms with van der Waals surface area (Å²) in [6, 6.07) is 18.6. The van der Waals surface area contributed by atoms with E-state index < -0.39 is 6.10 Å². The van der Waals surface area contributed by atoms with Crippen molar-refractivity contribution in [1.29, 1.82) is 0 Å². The smallest absolute Gasteiger partial charge is 0.109 e. The van der Waals surface area contributed by atoms with Crippen molar-refractivity contribution in [3.05, 3.63) is 94.2 Å². The number of pyridine rings is 1. The van der Waals surface area contributed by atoms with Gasteiger partial charge >= 0.3 is 0 Å². The number of rotatable bonds is 4. The Bertz CT molecular complexity index is 1070.